The van der Waals surface area contributed by atoms with Gasteiger partial charge in [0, 0.05) is 6.54 Å². The van der Waals surface area contributed by atoms with Gasteiger partial charge in [0.25, 0.3) is 0 Å². The van der Waals surface area contributed by atoms with E-state index < -0.39 is 5.60 Å². The van der Waals surface area contributed by atoms with E-state index in [4.69, 9.17) is 9.47 Å². The zero-order valence-electron chi connectivity index (χ0n) is 13.1. The van der Waals surface area contributed by atoms with Gasteiger partial charge in [0.1, 0.15) is 12.2 Å². The molecule has 1 unspecified atom stereocenters. The van der Waals surface area contributed by atoms with Crippen LogP contribution in [0.25, 0.3) is 0 Å². The fourth-order valence-electron chi connectivity index (χ4n) is 2.31. The Balaban J connectivity index is 1.92. The highest BCUT2D eigenvalue weighted by molar-refractivity contribution is 5.68. The minimum atomic E-state index is -0.486. The summed E-state index contributed by atoms with van der Waals surface area (Å²) in [4.78, 5) is 17.7. The van der Waals surface area contributed by atoms with Crippen LogP contribution in [0.4, 0.5) is 4.79 Å². The van der Waals surface area contributed by atoms with Gasteiger partial charge in [-0.25, -0.2) is 4.79 Å². The Morgan fingerprint density at radius 1 is 1.52 bits per heavy atom. The second-order valence-electron chi connectivity index (χ2n) is 6.32. The van der Waals surface area contributed by atoms with Gasteiger partial charge in [0.2, 0.25) is 6.39 Å². The Morgan fingerprint density at radius 2 is 2.29 bits per heavy atom. The van der Waals surface area contributed by atoms with Gasteiger partial charge in [-0.2, -0.15) is 4.98 Å². The third-order valence-corrected chi connectivity index (χ3v) is 3.53. The van der Waals surface area contributed by atoms with Crippen molar-refractivity contribution in [2.75, 3.05) is 13.1 Å². The summed E-state index contributed by atoms with van der Waals surface area (Å²) in [6, 6.07) is 0. The average Bonchev–Trinajstić information content (AvgIpc) is 3.05. The standard InChI is InChI=1S/C14H23N3O4/c1-5-14(19-8-11-15-10-20-16-11)6-7-17(9-14)12(18)21-13(2,3)4/h10H,5-9H2,1-4H3. The Morgan fingerprint density at radius 3 is 2.86 bits per heavy atom. The highest BCUT2D eigenvalue weighted by Gasteiger charge is 2.41. The molecule has 2 heterocycles. The average molecular weight is 297 g/mol. The molecule has 0 N–H and O–H groups in total. The molecular weight excluding hydrogens is 274 g/mol. The van der Waals surface area contributed by atoms with E-state index >= 15 is 0 Å². The summed E-state index contributed by atoms with van der Waals surface area (Å²) in [6.07, 6.45) is 2.57. The fourth-order valence-corrected chi connectivity index (χ4v) is 2.31. The zero-order valence-corrected chi connectivity index (χ0v) is 13.1. The van der Waals surface area contributed by atoms with Crippen molar-refractivity contribution >= 4 is 6.09 Å². The Hall–Kier alpha value is -1.63. The van der Waals surface area contributed by atoms with Crippen molar-refractivity contribution in [1.29, 1.82) is 0 Å². The lowest BCUT2D eigenvalue weighted by atomic mass is 10.00. The molecule has 0 spiro atoms. The lowest BCUT2D eigenvalue weighted by molar-refractivity contribution is -0.0556. The largest absolute Gasteiger partial charge is 0.444 e. The van der Waals surface area contributed by atoms with Gasteiger partial charge in [0.05, 0.1) is 12.1 Å². The van der Waals surface area contributed by atoms with Crippen LogP contribution >= 0.6 is 0 Å². The van der Waals surface area contributed by atoms with E-state index in [1.54, 1.807) is 4.90 Å². The van der Waals surface area contributed by atoms with E-state index in [1.807, 2.05) is 20.8 Å². The van der Waals surface area contributed by atoms with Crippen LogP contribution < -0.4 is 0 Å². The number of carbonyl (C=O) groups is 1. The first-order valence-corrected chi connectivity index (χ1v) is 7.21. The van der Waals surface area contributed by atoms with Gasteiger partial charge < -0.3 is 18.9 Å². The first-order valence-electron chi connectivity index (χ1n) is 7.21. The van der Waals surface area contributed by atoms with E-state index in [2.05, 4.69) is 21.6 Å². The molecule has 1 amide bonds. The molecule has 118 valence electrons. The number of hydrogen-bond donors (Lipinski definition) is 0. The van der Waals surface area contributed by atoms with Gasteiger partial charge in [-0.1, -0.05) is 12.1 Å². The molecule has 7 heteroatoms. The molecule has 0 radical (unpaired) electrons. The maximum Gasteiger partial charge on any atom is 0.410 e. The summed E-state index contributed by atoms with van der Waals surface area (Å²) in [5.41, 5.74) is -0.850. The molecule has 1 aromatic heterocycles. The minimum Gasteiger partial charge on any atom is -0.444 e. The molecule has 0 bridgehead atoms. The lowest BCUT2D eigenvalue weighted by Gasteiger charge is -2.29. The predicted molar refractivity (Wildman–Crippen MR) is 74.5 cm³/mol. The van der Waals surface area contributed by atoms with Crippen LogP contribution in [0.5, 0.6) is 0 Å². The third kappa shape index (κ3) is 4.17. The van der Waals surface area contributed by atoms with Crippen LogP contribution in [0.15, 0.2) is 10.9 Å². The van der Waals surface area contributed by atoms with E-state index in [-0.39, 0.29) is 18.3 Å². The lowest BCUT2D eigenvalue weighted by Crippen LogP contribution is -2.40. The Kier molecular flexibility index (Phi) is 4.51. The monoisotopic (exact) mass is 297 g/mol. The number of ether oxygens (including phenoxy) is 2. The maximum atomic E-state index is 12.1. The van der Waals surface area contributed by atoms with E-state index in [1.165, 1.54) is 6.39 Å². The quantitative estimate of drug-likeness (QED) is 0.849. The number of rotatable bonds is 4. The highest BCUT2D eigenvalue weighted by Crippen LogP contribution is 2.30. The van der Waals surface area contributed by atoms with E-state index in [0.29, 0.717) is 18.9 Å². The molecule has 1 aromatic rings. The normalized spacial score (nSPS) is 22.6. The number of likely N-dealkylation sites (tertiary alicyclic amines) is 1. The van der Waals surface area contributed by atoms with Crippen LogP contribution in [0.2, 0.25) is 0 Å². The van der Waals surface area contributed by atoms with Gasteiger partial charge in [-0.3, -0.25) is 0 Å². The summed E-state index contributed by atoms with van der Waals surface area (Å²) >= 11 is 0. The molecule has 7 nitrogen and oxygen atoms in total. The highest BCUT2D eigenvalue weighted by atomic mass is 16.6. The number of aromatic nitrogens is 2. The Labute approximate surface area is 124 Å². The smallest absolute Gasteiger partial charge is 0.410 e. The number of nitrogens with zero attached hydrogens (tertiary/aromatic N) is 3. The SMILES string of the molecule is CCC1(OCc2ncon2)CCN(C(=O)OC(C)(C)C)C1. The number of hydrogen-bond acceptors (Lipinski definition) is 6. The molecule has 1 aliphatic heterocycles. The molecule has 2 rings (SSSR count). The van der Waals surface area contributed by atoms with Gasteiger partial charge >= 0.3 is 6.09 Å². The molecule has 0 aromatic carbocycles. The molecule has 1 aliphatic rings. The Bertz CT molecular complexity index is 469. The van der Waals surface area contributed by atoms with Crippen molar-refractivity contribution in [2.45, 2.75) is 58.3 Å². The fraction of sp³-hybridized carbons (Fsp3) is 0.786. The summed E-state index contributed by atoms with van der Waals surface area (Å²) < 4.78 is 16.0. The minimum absolute atomic E-state index is 0.284. The van der Waals surface area contributed by atoms with Crippen LogP contribution in [-0.2, 0) is 16.1 Å². The summed E-state index contributed by atoms with van der Waals surface area (Å²) in [6.45, 7) is 9.08. The van der Waals surface area contributed by atoms with Gasteiger partial charge in [0.15, 0.2) is 5.82 Å². The first-order chi connectivity index (χ1) is 9.84. The van der Waals surface area contributed by atoms with Crippen molar-refractivity contribution in [3.05, 3.63) is 12.2 Å². The molecular formula is C14H23N3O4. The molecule has 0 saturated carbocycles. The molecule has 1 atom stereocenters. The maximum absolute atomic E-state index is 12.1. The van der Waals surface area contributed by atoms with E-state index in [9.17, 15) is 4.79 Å². The molecule has 1 saturated heterocycles. The predicted octanol–water partition coefficient (Wildman–Crippen LogP) is 2.38. The molecule has 1 fully saturated rings. The van der Waals surface area contributed by atoms with Gasteiger partial charge in [-0.15, -0.1) is 0 Å². The molecule has 21 heavy (non-hydrogen) atoms. The van der Waals surface area contributed by atoms with Crippen molar-refractivity contribution in [1.82, 2.24) is 15.0 Å². The summed E-state index contributed by atoms with van der Waals surface area (Å²) in [5.74, 6) is 0.513. The summed E-state index contributed by atoms with van der Waals surface area (Å²) in [5, 5.41) is 3.73. The van der Waals surface area contributed by atoms with Crippen LogP contribution in [0.3, 0.4) is 0 Å². The third-order valence-electron chi connectivity index (χ3n) is 3.53. The topological polar surface area (TPSA) is 77.7 Å². The molecule has 0 aliphatic carbocycles. The van der Waals surface area contributed by atoms with Gasteiger partial charge in [-0.05, 0) is 33.6 Å². The van der Waals surface area contributed by atoms with Crippen molar-refractivity contribution < 1.29 is 18.8 Å². The van der Waals surface area contributed by atoms with Crippen LogP contribution in [-0.4, -0.2) is 45.4 Å². The number of amides is 1. The van der Waals surface area contributed by atoms with E-state index in [0.717, 1.165) is 12.8 Å². The van der Waals surface area contributed by atoms with Crippen molar-refractivity contribution in [2.24, 2.45) is 0 Å². The van der Waals surface area contributed by atoms with Crippen molar-refractivity contribution in [3.63, 3.8) is 0 Å². The summed E-state index contributed by atoms with van der Waals surface area (Å²) in [7, 11) is 0. The number of carbonyl (C=O) groups excluding carboxylic acids is 1. The second-order valence-corrected chi connectivity index (χ2v) is 6.32. The van der Waals surface area contributed by atoms with Crippen molar-refractivity contribution in [3.8, 4) is 0 Å². The first kappa shape index (κ1) is 15.8. The van der Waals surface area contributed by atoms with Crippen LogP contribution in [0, 0.1) is 0 Å². The van der Waals surface area contributed by atoms with Crippen LogP contribution in [0.1, 0.15) is 46.4 Å². The second kappa shape index (κ2) is 6.01. The zero-order chi connectivity index (χ0) is 15.5.